The fourth-order valence-electron chi connectivity index (χ4n) is 0.258. The molecule has 9 nitrogen and oxygen atoms in total. The molecule has 0 heterocycles. The number of aliphatic carboxylic acids is 2. The summed E-state index contributed by atoms with van der Waals surface area (Å²) in [6.45, 7) is 0. The van der Waals surface area contributed by atoms with E-state index in [0.29, 0.717) is 0 Å². The van der Waals surface area contributed by atoms with E-state index in [4.69, 9.17) is 10.2 Å². The van der Waals surface area contributed by atoms with Crippen molar-refractivity contribution in [1.82, 2.24) is 0 Å². The van der Waals surface area contributed by atoms with Gasteiger partial charge in [0.1, 0.15) is 12.2 Å². The van der Waals surface area contributed by atoms with Crippen molar-refractivity contribution in [3.63, 3.8) is 0 Å². The standard InChI is InChI=1S/C4H6O6.Cu.3H2O/c5-1(3(7)8)2(6)4(9)10;;;;/h1-2,5-6H,(H,7,8)(H,9,10);;3*1H2/q;+2;;;/p-2. The molecule has 1 radical (unpaired) electrons. The molecule has 0 aliphatic rings. The maximum Gasteiger partial charge on any atom is 2.00 e. The number of rotatable bonds is 3. The maximum atomic E-state index is 9.63. The van der Waals surface area contributed by atoms with Gasteiger partial charge in [-0.1, -0.05) is 0 Å². The van der Waals surface area contributed by atoms with Crippen molar-refractivity contribution in [2.45, 2.75) is 12.2 Å². The van der Waals surface area contributed by atoms with Crippen molar-refractivity contribution in [3.8, 4) is 0 Å². The first-order valence-corrected chi connectivity index (χ1v) is 2.24. The second-order valence-electron chi connectivity index (χ2n) is 1.53. The van der Waals surface area contributed by atoms with Crippen LogP contribution in [0.15, 0.2) is 0 Å². The molecule has 2 unspecified atom stereocenters. The average Bonchev–Trinajstić information content (AvgIpc) is 1.84. The van der Waals surface area contributed by atoms with Crippen LogP contribution >= 0.6 is 0 Å². The van der Waals surface area contributed by atoms with Gasteiger partial charge in [0.15, 0.2) is 0 Å². The van der Waals surface area contributed by atoms with E-state index in [1.54, 1.807) is 0 Å². The molecule has 14 heavy (non-hydrogen) atoms. The fraction of sp³-hybridized carbons (Fsp3) is 0.500. The summed E-state index contributed by atoms with van der Waals surface area (Å²) < 4.78 is 0. The molecular weight excluding hydrogens is 256 g/mol. The zero-order valence-corrected chi connectivity index (χ0v) is 7.43. The molecule has 0 bridgehead atoms. The third kappa shape index (κ3) is 9.35. The van der Waals surface area contributed by atoms with E-state index in [1.807, 2.05) is 0 Å². The molecule has 0 saturated heterocycles. The van der Waals surface area contributed by atoms with Gasteiger partial charge < -0.3 is 46.4 Å². The number of hydrogen-bond acceptors (Lipinski definition) is 6. The topological polar surface area (TPSA) is 215 Å². The van der Waals surface area contributed by atoms with E-state index in [0.717, 1.165) is 0 Å². The van der Waals surface area contributed by atoms with Crippen LogP contribution in [0.5, 0.6) is 0 Å². The number of carboxylic acid groups (broad SMARTS) is 2. The first-order valence-electron chi connectivity index (χ1n) is 2.24. The monoisotopic (exact) mass is 265 g/mol. The summed E-state index contributed by atoms with van der Waals surface area (Å²) in [6.07, 6.45) is -4.88. The van der Waals surface area contributed by atoms with Gasteiger partial charge in [-0.05, 0) is 0 Å². The van der Waals surface area contributed by atoms with Gasteiger partial charge in [-0.15, -0.1) is 0 Å². The second kappa shape index (κ2) is 12.3. The predicted molar refractivity (Wildman–Crippen MR) is 32.9 cm³/mol. The van der Waals surface area contributed by atoms with Crippen molar-refractivity contribution in [2.24, 2.45) is 0 Å². The van der Waals surface area contributed by atoms with Crippen LogP contribution in [0.2, 0.25) is 0 Å². The molecule has 91 valence electrons. The molecule has 0 aliphatic heterocycles. The Morgan fingerprint density at radius 1 is 0.857 bits per heavy atom. The largest absolute Gasteiger partial charge is 2.00 e. The Bertz CT molecular complexity index is 141. The molecule has 0 rings (SSSR count). The summed E-state index contributed by atoms with van der Waals surface area (Å²) in [4.78, 5) is 19.3. The van der Waals surface area contributed by atoms with Gasteiger partial charge in [0.2, 0.25) is 0 Å². The Morgan fingerprint density at radius 2 is 1.00 bits per heavy atom. The van der Waals surface area contributed by atoms with E-state index >= 15 is 0 Å². The van der Waals surface area contributed by atoms with Crippen LogP contribution in [0.4, 0.5) is 0 Å². The number of carbonyl (C=O) groups excluding carboxylic acids is 2. The number of hydrogen-bond donors (Lipinski definition) is 2. The zero-order valence-electron chi connectivity index (χ0n) is 6.48. The summed E-state index contributed by atoms with van der Waals surface area (Å²) in [7, 11) is 0. The Morgan fingerprint density at radius 3 is 1.07 bits per heavy atom. The van der Waals surface area contributed by atoms with E-state index in [-0.39, 0.29) is 33.5 Å². The molecule has 0 aromatic heterocycles. The molecule has 10 heteroatoms. The number of carbonyl (C=O) groups is 2. The van der Waals surface area contributed by atoms with Crippen LogP contribution in [-0.2, 0) is 26.7 Å². The van der Waals surface area contributed by atoms with Gasteiger partial charge in [-0.3, -0.25) is 0 Å². The summed E-state index contributed by atoms with van der Waals surface area (Å²) in [6, 6.07) is 0. The van der Waals surface area contributed by atoms with Gasteiger partial charge in [0.05, 0.1) is 11.9 Å². The molecule has 0 spiro atoms. The van der Waals surface area contributed by atoms with Crippen molar-refractivity contribution in [3.05, 3.63) is 0 Å². The van der Waals surface area contributed by atoms with Crippen LogP contribution in [0, 0.1) is 0 Å². The molecule has 0 fully saturated rings. The fourth-order valence-corrected chi connectivity index (χ4v) is 0.258. The average molecular weight is 266 g/mol. The quantitative estimate of drug-likeness (QED) is 0.472. The third-order valence-electron chi connectivity index (χ3n) is 0.782. The normalized spacial score (nSPS) is 11.3. The summed E-state index contributed by atoms with van der Waals surface area (Å²) in [5.74, 6) is -4.12. The summed E-state index contributed by atoms with van der Waals surface area (Å²) in [5, 5.41) is 35.7. The molecule has 0 saturated carbocycles. The minimum absolute atomic E-state index is 0. The van der Waals surface area contributed by atoms with E-state index in [1.165, 1.54) is 0 Å². The maximum absolute atomic E-state index is 9.63. The molecule has 0 amide bonds. The van der Waals surface area contributed by atoms with Gasteiger partial charge in [0.25, 0.3) is 0 Å². The molecule has 2 atom stereocenters. The molecule has 0 aliphatic carbocycles. The van der Waals surface area contributed by atoms with E-state index < -0.39 is 24.1 Å². The second-order valence-corrected chi connectivity index (χ2v) is 1.53. The van der Waals surface area contributed by atoms with Crippen molar-refractivity contribution < 1.29 is 63.5 Å². The number of aliphatic hydroxyl groups is 2. The Kier molecular flexibility index (Phi) is 25.6. The van der Waals surface area contributed by atoms with Crippen LogP contribution in [-0.4, -0.2) is 50.8 Å². The smallest absolute Gasteiger partial charge is 0.547 e. The molecule has 8 N–H and O–H groups in total. The minimum Gasteiger partial charge on any atom is -0.547 e. The summed E-state index contributed by atoms with van der Waals surface area (Å²) >= 11 is 0. The Labute approximate surface area is 88.4 Å². The molecule has 0 aromatic rings. The van der Waals surface area contributed by atoms with Gasteiger partial charge in [-0.25, -0.2) is 0 Å². The SMILES string of the molecule is O.O.O.O=C([O-])C(O)C(O)C(=O)[O-].[Cu+2]. The molecule has 0 aromatic carbocycles. The van der Waals surface area contributed by atoms with Crippen LogP contribution in [0.3, 0.4) is 0 Å². The van der Waals surface area contributed by atoms with Gasteiger partial charge in [-0.2, -0.15) is 0 Å². The van der Waals surface area contributed by atoms with Crippen molar-refractivity contribution in [2.75, 3.05) is 0 Å². The van der Waals surface area contributed by atoms with E-state index in [9.17, 15) is 19.8 Å². The Hall–Kier alpha value is -0.741. The van der Waals surface area contributed by atoms with Crippen LogP contribution in [0.1, 0.15) is 0 Å². The predicted octanol–water partition coefficient (Wildman–Crippen LogP) is -7.27. The van der Waals surface area contributed by atoms with Gasteiger partial charge in [0, 0.05) is 0 Å². The van der Waals surface area contributed by atoms with Gasteiger partial charge >= 0.3 is 17.1 Å². The van der Waals surface area contributed by atoms with Crippen molar-refractivity contribution in [1.29, 1.82) is 0 Å². The minimum atomic E-state index is -2.44. The van der Waals surface area contributed by atoms with Crippen LogP contribution in [0.25, 0.3) is 0 Å². The first kappa shape index (κ1) is 29.2. The number of carboxylic acids is 2. The van der Waals surface area contributed by atoms with Crippen molar-refractivity contribution >= 4 is 11.9 Å². The summed E-state index contributed by atoms with van der Waals surface area (Å²) in [5.41, 5.74) is 0. The van der Waals surface area contributed by atoms with Crippen LogP contribution < -0.4 is 10.2 Å². The zero-order chi connectivity index (χ0) is 8.31. The molecular formula is C4H10CuO9. The number of aliphatic hydroxyl groups excluding tert-OH is 2. The third-order valence-corrected chi connectivity index (χ3v) is 0.782. The Balaban J connectivity index is -0.0000000675. The van der Waals surface area contributed by atoms with E-state index in [2.05, 4.69) is 0 Å². The first-order chi connectivity index (χ1) is 4.46.